The van der Waals surface area contributed by atoms with Crippen molar-refractivity contribution < 1.29 is 18.3 Å². The Morgan fingerprint density at radius 2 is 2.05 bits per heavy atom. The molecule has 0 spiro atoms. The summed E-state index contributed by atoms with van der Waals surface area (Å²) in [5.41, 5.74) is 1.55. The van der Waals surface area contributed by atoms with Gasteiger partial charge in [-0.25, -0.2) is 8.42 Å². The van der Waals surface area contributed by atoms with Crippen LogP contribution in [0.2, 0.25) is 0 Å². The Balaban J connectivity index is 2.96. The number of hydrogen-bond donors (Lipinski definition) is 1. The average Bonchev–Trinajstić information content (AvgIpc) is 2.34. The number of aryl methyl sites for hydroxylation is 1. The van der Waals surface area contributed by atoms with E-state index < -0.39 is 16.0 Å². The molecule has 0 aliphatic heterocycles. The van der Waals surface area contributed by atoms with Gasteiger partial charge in [0.15, 0.2) is 0 Å². The molecule has 0 aromatic heterocycles. The van der Waals surface area contributed by atoms with E-state index >= 15 is 0 Å². The van der Waals surface area contributed by atoms with Crippen LogP contribution in [-0.2, 0) is 14.8 Å². The molecule has 0 aliphatic rings. The highest BCUT2D eigenvalue weighted by atomic mass is 32.2. The van der Waals surface area contributed by atoms with E-state index in [0.717, 1.165) is 5.56 Å². The molecule has 0 bridgehead atoms. The Morgan fingerprint density at radius 1 is 1.37 bits per heavy atom. The highest BCUT2D eigenvalue weighted by molar-refractivity contribution is 7.92. The molecule has 106 valence electrons. The zero-order valence-corrected chi connectivity index (χ0v) is 12.0. The number of aliphatic carboxylic acids is 1. The van der Waals surface area contributed by atoms with Gasteiger partial charge in [-0.1, -0.05) is 12.1 Å². The lowest BCUT2D eigenvalue weighted by atomic mass is 10.2. The second-order valence-electron chi connectivity index (χ2n) is 4.31. The molecule has 0 atom stereocenters. The lowest BCUT2D eigenvalue weighted by molar-refractivity contribution is -0.137. The zero-order chi connectivity index (χ0) is 14.5. The van der Waals surface area contributed by atoms with Crippen molar-refractivity contribution in [3.05, 3.63) is 29.8 Å². The monoisotopic (exact) mass is 285 g/mol. The van der Waals surface area contributed by atoms with Gasteiger partial charge in [-0.2, -0.15) is 0 Å². The summed E-state index contributed by atoms with van der Waals surface area (Å²) in [5, 5.41) is 8.63. The highest BCUT2D eigenvalue weighted by Crippen LogP contribution is 2.20. The minimum Gasteiger partial charge on any atom is -0.481 e. The molecule has 1 aromatic carbocycles. The zero-order valence-electron chi connectivity index (χ0n) is 11.2. The molecule has 1 rings (SSSR count). The van der Waals surface area contributed by atoms with Gasteiger partial charge in [-0.05, 0) is 38.0 Å². The first kappa shape index (κ1) is 15.5. The van der Waals surface area contributed by atoms with Crippen LogP contribution in [0.25, 0.3) is 0 Å². The number of sulfonamides is 1. The maximum atomic E-state index is 12.1. The summed E-state index contributed by atoms with van der Waals surface area (Å²) in [4.78, 5) is 10.5. The lowest BCUT2D eigenvalue weighted by Crippen LogP contribution is -2.33. The van der Waals surface area contributed by atoms with Crippen LogP contribution in [0.15, 0.2) is 24.3 Å². The van der Waals surface area contributed by atoms with Crippen molar-refractivity contribution in [2.24, 2.45) is 0 Å². The van der Waals surface area contributed by atoms with E-state index in [-0.39, 0.29) is 18.7 Å². The van der Waals surface area contributed by atoms with Crippen LogP contribution in [0.1, 0.15) is 25.3 Å². The molecule has 1 aromatic rings. The van der Waals surface area contributed by atoms with E-state index in [2.05, 4.69) is 0 Å². The summed E-state index contributed by atoms with van der Waals surface area (Å²) < 4.78 is 25.4. The normalized spacial score (nSPS) is 11.3. The summed E-state index contributed by atoms with van der Waals surface area (Å²) in [5.74, 6) is -0.924. The van der Waals surface area contributed by atoms with Crippen molar-refractivity contribution in [3.63, 3.8) is 0 Å². The van der Waals surface area contributed by atoms with Gasteiger partial charge in [0.25, 0.3) is 0 Å². The number of benzene rings is 1. The van der Waals surface area contributed by atoms with Gasteiger partial charge in [0.1, 0.15) is 0 Å². The number of hydrogen-bond acceptors (Lipinski definition) is 3. The van der Waals surface area contributed by atoms with E-state index in [1.807, 2.05) is 13.0 Å². The minimum atomic E-state index is -3.39. The van der Waals surface area contributed by atoms with Gasteiger partial charge in [0, 0.05) is 13.0 Å². The quantitative estimate of drug-likeness (QED) is 0.831. The average molecular weight is 285 g/mol. The van der Waals surface area contributed by atoms with E-state index in [0.29, 0.717) is 12.1 Å². The minimum absolute atomic E-state index is 0.00594. The molecule has 6 heteroatoms. The second-order valence-corrected chi connectivity index (χ2v) is 6.49. The topological polar surface area (TPSA) is 74.7 Å². The number of nitrogens with zero attached hydrogens (tertiary/aromatic N) is 1. The summed E-state index contributed by atoms with van der Waals surface area (Å²) in [7, 11) is -3.39. The summed E-state index contributed by atoms with van der Waals surface area (Å²) in [6.07, 6.45) is 0.254. The summed E-state index contributed by atoms with van der Waals surface area (Å²) in [6.45, 7) is 3.65. The molecule has 0 saturated heterocycles. The van der Waals surface area contributed by atoms with Crippen molar-refractivity contribution in [3.8, 4) is 0 Å². The standard InChI is InChI=1S/C13H19NO4S/c1-3-19(17,18)14(9-5-8-13(15)16)12-7-4-6-11(2)10-12/h4,6-7,10H,3,5,8-9H2,1-2H3,(H,15,16). The molecule has 0 unspecified atom stereocenters. The fraction of sp³-hybridized carbons (Fsp3) is 0.462. The first-order valence-electron chi connectivity index (χ1n) is 6.15. The molecule has 0 radical (unpaired) electrons. The molecule has 0 heterocycles. The van der Waals surface area contributed by atoms with Crippen LogP contribution < -0.4 is 4.31 Å². The van der Waals surface area contributed by atoms with E-state index in [4.69, 9.17) is 5.11 Å². The summed E-state index contributed by atoms with van der Waals surface area (Å²) >= 11 is 0. The SMILES string of the molecule is CCS(=O)(=O)N(CCCC(=O)O)c1cccc(C)c1. The Kier molecular flexibility index (Phi) is 5.35. The van der Waals surface area contributed by atoms with Crippen LogP contribution in [0.5, 0.6) is 0 Å². The van der Waals surface area contributed by atoms with Crippen molar-refractivity contribution in [1.29, 1.82) is 0 Å². The number of carboxylic acid groups (broad SMARTS) is 1. The number of carbonyl (C=O) groups is 1. The Bertz CT molecular complexity index is 539. The van der Waals surface area contributed by atoms with Gasteiger partial charge >= 0.3 is 5.97 Å². The highest BCUT2D eigenvalue weighted by Gasteiger charge is 2.20. The molecular formula is C13H19NO4S. The van der Waals surface area contributed by atoms with Crippen LogP contribution in [0.3, 0.4) is 0 Å². The second kappa shape index (κ2) is 6.56. The van der Waals surface area contributed by atoms with Gasteiger partial charge < -0.3 is 5.11 Å². The Hall–Kier alpha value is -1.56. The molecule has 0 aliphatic carbocycles. The van der Waals surface area contributed by atoms with Crippen molar-refractivity contribution in [2.45, 2.75) is 26.7 Å². The maximum absolute atomic E-state index is 12.1. The van der Waals surface area contributed by atoms with Crippen LogP contribution in [-0.4, -0.2) is 31.8 Å². The third-order valence-corrected chi connectivity index (χ3v) is 4.54. The third-order valence-electron chi connectivity index (χ3n) is 2.74. The van der Waals surface area contributed by atoms with E-state index in [9.17, 15) is 13.2 Å². The molecule has 1 N–H and O–H groups in total. The largest absolute Gasteiger partial charge is 0.481 e. The first-order valence-corrected chi connectivity index (χ1v) is 7.76. The van der Waals surface area contributed by atoms with Gasteiger partial charge in [0.05, 0.1) is 11.4 Å². The fourth-order valence-corrected chi connectivity index (χ4v) is 2.90. The maximum Gasteiger partial charge on any atom is 0.303 e. The molecule has 0 fully saturated rings. The lowest BCUT2D eigenvalue weighted by Gasteiger charge is -2.24. The predicted molar refractivity (Wildman–Crippen MR) is 74.9 cm³/mol. The van der Waals surface area contributed by atoms with Crippen molar-refractivity contribution in [1.82, 2.24) is 0 Å². The molecule has 19 heavy (non-hydrogen) atoms. The summed E-state index contributed by atoms with van der Waals surface area (Å²) in [6, 6.07) is 7.19. The van der Waals surface area contributed by atoms with Crippen LogP contribution in [0.4, 0.5) is 5.69 Å². The van der Waals surface area contributed by atoms with Crippen LogP contribution >= 0.6 is 0 Å². The number of rotatable bonds is 7. The van der Waals surface area contributed by atoms with Gasteiger partial charge in [0.2, 0.25) is 10.0 Å². The van der Waals surface area contributed by atoms with E-state index in [1.165, 1.54) is 4.31 Å². The third kappa shape index (κ3) is 4.55. The van der Waals surface area contributed by atoms with Gasteiger partial charge in [-0.15, -0.1) is 0 Å². The molecule has 0 amide bonds. The molecular weight excluding hydrogens is 266 g/mol. The smallest absolute Gasteiger partial charge is 0.303 e. The molecule has 5 nitrogen and oxygen atoms in total. The fourth-order valence-electron chi connectivity index (χ4n) is 1.74. The van der Waals surface area contributed by atoms with Crippen molar-refractivity contribution in [2.75, 3.05) is 16.6 Å². The van der Waals surface area contributed by atoms with Gasteiger partial charge in [-0.3, -0.25) is 9.10 Å². The Labute approximate surface area is 113 Å². The first-order chi connectivity index (χ1) is 8.86. The number of anilines is 1. The molecule has 0 saturated carbocycles. The van der Waals surface area contributed by atoms with Crippen LogP contribution in [0, 0.1) is 6.92 Å². The Morgan fingerprint density at radius 3 is 2.58 bits per heavy atom. The number of carboxylic acids is 1. The van der Waals surface area contributed by atoms with Crippen molar-refractivity contribution >= 4 is 21.7 Å². The predicted octanol–water partition coefficient (Wildman–Crippen LogP) is 2.02. The van der Waals surface area contributed by atoms with E-state index in [1.54, 1.807) is 25.1 Å².